The first-order chi connectivity index (χ1) is 10.5. The van der Waals surface area contributed by atoms with Crippen molar-refractivity contribution in [1.29, 1.82) is 0 Å². The second-order valence-corrected chi connectivity index (χ2v) is 7.34. The highest BCUT2D eigenvalue weighted by Gasteiger charge is 2.15. The standard InChI is InChI=1S/C17H19NO3S/c1-13-4-6-14(7-5-13)12-22(19,20)18-16-8-9-17-15(11-16)3-2-10-21-17/h4-9,11,18H,2-3,10,12H2,1H3. The summed E-state index contributed by atoms with van der Waals surface area (Å²) in [5.41, 5.74) is 3.54. The van der Waals surface area contributed by atoms with Gasteiger partial charge in [0.2, 0.25) is 10.0 Å². The molecule has 0 atom stereocenters. The van der Waals surface area contributed by atoms with E-state index in [-0.39, 0.29) is 5.75 Å². The van der Waals surface area contributed by atoms with Gasteiger partial charge in [-0.05, 0) is 49.1 Å². The molecule has 1 aliphatic rings. The number of ether oxygens (including phenoxy) is 1. The van der Waals surface area contributed by atoms with Crippen molar-refractivity contribution in [1.82, 2.24) is 0 Å². The summed E-state index contributed by atoms with van der Waals surface area (Å²) < 4.78 is 32.7. The molecule has 0 aromatic heterocycles. The lowest BCUT2D eigenvalue weighted by Gasteiger charge is -2.18. The number of benzene rings is 2. The third-order valence-corrected chi connectivity index (χ3v) is 4.92. The average Bonchev–Trinajstić information content (AvgIpc) is 2.49. The van der Waals surface area contributed by atoms with Crippen molar-refractivity contribution >= 4 is 15.7 Å². The minimum atomic E-state index is -3.42. The highest BCUT2D eigenvalue weighted by atomic mass is 32.2. The number of hydrogen-bond donors (Lipinski definition) is 1. The highest BCUT2D eigenvalue weighted by molar-refractivity contribution is 7.91. The largest absolute Gasteiger partial charge is 0.493 e. The normalized spacial score (nSPS) is 14.0. The molecule has 3 rings (SSSR count). The van der Waals surface area contributed by atoms with Crippen LogP contribution in [0.2, 0.25) is 0 Å². The van der Waals surface area contributed by atoms with Crippen LogP contribution in [-0.2, 0) is 22.2 Å². The zero-order chi connectivity index (χ0) is 15.6. The summed E-state index contributed by atoms with van der Waals surface area (Å²) in [6, 6.07) is 13.0. The zero-order valence-electron chi connectivity index (χ0n) is 12.5. The van der Waals surface area contributed by atoms with Crippen LogP contribution in [-0.4, -0.2) is 15.0 Å². The minimum Gasteiger partial charge on any atom is -0.493 e. The fourth-order valence-corrected chi connectivity index (χ4v) is 3.73. The molecule has 2 aromatic carbocycles. The summed E-state index contributed by atoms with van der Waals surface area (Å²) in [5, 5.41) is 0. The molecule has 22 heavy (non-hydrogen) atoms. The van der Waals surface area contributed by atoms with Gasteiger partial charge in [-0.15, -0.1) is 0 Å². The Bertz CT molecular complexity index is 767. The Labute approximate surface area is 131 Å². The summed E-state index contributed by atoms with van der Waals surface area (Å²) in [7, 11) is -3.42. The van der Waals surface area contributed by atoms with Gasteiger partial charge in [-0.25, -0.2) is 8.42 Å². The Morgan fingerprint density at radius 1 is 1.14 bits per heavy atom. The number of hydrogen-bond acceptors (Lipinski definition) is 3. The molecule has 0 spiro atoms. The number of aryl methyl sites for hydroxylation is 2. The summed E-state index contributed by atoms with van der Waals surface area (Å²) in [4.78, 5) is 0. The van der Waals surface area contributed by atoms with Crippen molar-refractivity contribution in [2.24, 2.45) is 0 Å². The molecule has 116 valence electrons. The zero-order valence-corrected chi connectivity index (χ0v) is 13.3. The van der Waals surface area contributed by atoms with Crippen LogP contribution in [0.1, 0.15) is 23.1 Å². The monoisotopic (exact) mass is 317 g/mol. The van der Waals surface area contributed by atoms with Gasteiger partial charge in [0, 0.05) is 5.69 Å². The Kier molecular flexibility index (Phi) is 4.07. The smallest absolute Gasteiger partial charge is 0.236 e. The fraction of sp³-hybridized carbons (Fsp3) is 0.294. The van der Waals surface area contributed by atoms with Crippen molar-refractivity contribution in [3.63, 3.8) is 0 Å². The van der Waals surface area contributed by atoms with Crippen molar-refractivity contribution in [3.05, 3.63) is 59.2 Å². The lowest BCUT2D eigenvalue weighted by Crippen LogP contribution is -2.16. The fourth-order valence-electron chi connectivity index (χ4n) is 2.54. The van der Waals surface area contributed by atoms with E-state index in [4.69, 9.17) is 4.74 Å². The molecule has 0 aliphatic carbocycles. The van der Waals surface area contributed by atoms with Gasteiger partial charge >= 0.3 is 0 Å². The Morgan fingerprint density at radius 2 is 1.91 bits per heavy atom. The van der Waals surface area contributed by atoms with E-state index in [1.807, 2.05) is 43.3 Å². The molecular formula is C17H19NO3S. The molecule has 0 unspecified atom stereocenters. The molecule has 2 aromatic rings. The Morgan fingerprint density at radius 3 is 2.68 bits per heavy atom. The molecule has 0 saturated heterocycles. The Hall–Kier alpha value is -2.01. The van der Waals surface area contributed by atoms with Crippen LogP contribution in [0.3, 0.4) is 0 Å². The summed E-state index contributed by atoms with van der Waals surface area (Å²) in [6.45, 7) is 2.71. The maximum Gasteiger partial charge on any atom is 0.236 e. The van der Waals surface area contributed by atoms with Crippen LogP contribution in [0.4, 0.5) is 5.69 Å². The van der Waals surface area contributed by atoms with Crippen LogP contribution < -0.4 is 9.46 Å². The molecular weight excluding hydrogens is 298 g/mol. The SMILES string of the molecule is Cc1ccc(CS(=O)(=O)Nc2ccc3c(c2)CCCO3)cc1. The molecule has 0 saturated carbocycles. The van der Waals surface area contributed by atoms with Gasteiger partial charge in [-0.1, -0.05) is 29.8 Å². The molecule has 0 radical (unpaired) electrons. The number of anilines is 1. The molecule has 0 amide bonds. The van der Waals surface area contributed by atoms with Gasteiger partial charge in [-0.3, -0.25) is 4.72 Å². The van der Waals surface area contributed by atoms with Crippen LogP contribution >= 0.6 is 0 Å². The molecule has 5 heteroatoms. The highest BCUT2D eigenvalue weighted by Crippen LogP contribution is 2.28. The number of sulfonamides is 1. The topological polar surface area (TPSA) is 55.4 Å². The second-order valence-electron chi connectivity index (χ2n) is 5.62. The van der Waals surface area contributed by atoms with Crippen LogP contribution in [0, 0.1) is 6.92 Å². The van der Waals surface area contributed by atoms with E-state index < -0.39 is 10.0 Å². The summed E-state index contributed by atoms with van der Waals surface area (Å²) >= 11 is 0. The number of rotatable bonds is 4. The van der Waals surface area contributed by atoms with Gasteiger partial charge in [0.1, 0.15) is 5.75 Å². The second kappa shape index (κ2) is 6.01. The summed E-state index contributed by atoms with van der Waals surface area (Å²) in [5.74, 6) is 0.827. The van der Waals surface area contributed by atoms with Crippen LogP contribution in [0.25, 0.3) is 0 Å². The van der Waals surface area contributed by atoms with Gasteiger partial charge in [0.05, 0.1) is 12.4 Å². The lowest BCUT2D eigenvalue weighted by atomic mass is 10.1. The van der Waals surface area contributed by atoms with Crippen molar-refractivity contribution in [2.75, 3.05) is 11.3 Å². The van der Waals surface area contributed by atoms with E-state index in [0.717, 1.165) is 41.9 Å². The van der Waals surface area contributed by atoms with Gasteiger partial charge in [0.25, 0.3) is 0 Å². The van der Waals surface area contributed by atoms with E-state index >= 15 is 0 Å². The summed E-state index contributed by atoms with van der Waals surface area (Å²) in [6.07, 6.45) is 1.88. The number of nitrogens with one attached hydrogen (secondary N) is 1. The van der Waals surface area contributed by atoms with E-state index in [9.17, 15) is 8.42 Å². The maximum absolute atomic E-state index is 12.3. The first kappa shape index (κ1) is 14.9. The van der Waals surface area contributed by atoms with Crippen LogP contribution in [0.15, 0.2) is 42.5 Å². The average molecular weight is 317 g/mol. The minimum absolute atomic E-state index is 0.0269. The number of fused-ring (bicyclic) bond motifs is 1. The quantitative estimate of drug-likeness (QED) is 0.941. The van der Waals surface area contributed by atoms with Crippen LogP contribution in [0.5, 0.6) is 5.75 Å². The van der Waals surface area contributed by atoms with Crippen molar-refractivity contribution in [3.8, 4) is 5.75 Å². The molecule has 0 fully saturated rings. The first-order valence-corrected chi connectivity index (χ1v) is 8.99. The maximum atomic E-state index is 12.3. The van der Waals surface area contributed by atoms with Crippen molar-refractivity contribution in [2.45, 2.75) is 25.5 Å². The van der Waals surface area contributed by atoms with Crippen molar-refractivity contribution < 1.29 is 13.2 Å². The van der Waals surface area contributed by atoms with Gasteiger partial charge in [0.15, 0.2) is 0 Å². The molecule has 1 heterocycles. The van der Waals surface area contributed by atoms with E-state index in [2.05, 4.69) is 4.72 Å². The first-order valence-electron chi connectivity index (χ1n) is 7.34. The molecule has 1 N–H and O–H groups in total. The molecule has 0 bridgehead atoms. The van der Waals surface area contributed by atoms with E-state index in [1.165, 1.54) is 0 Å². The molecule has 4 nitrogen and oxygen atoms in total. The van der Waals surface area contributed by atoms with E-state index in [1.54, 1.807) is 6.07 Å². The van der Waals surface area contributed by atoms with Gasteiger partial charge < -0.3 is 4.74 Å². The van der Waals surface area contributed by atoms with E-state index in [0.29, 0.717) is 5.69 Å². The predicted octanol–water partition coefficient (Wildman–Crippen LogP) is 3.26. The third-order valence-electron chi connectivity index (χ3n) is 3.66. The third kappa shape index (κ3) is 3.60. The molecule has 1 aliphatic heterocycles. The lowest BCUT2D eigenvalue weighted by molar-refractivity contribution is 0.288. The Balaban J connectivity index is 1.75. The predicted molar refractivity (Wildman–Crippen MR) is 87.7 cm³/mol. The van der Waals surface area contributed by atoms with Gasteiger partial charge in [-0.2, -0.15) is 0 Å².